The average molecular weight is 283 g/mol. The number of rotatable bonds is 4. The van der Waals surface area contributed by atoms with Crippen molar-refractivity contribution in [1.82, 2.24) is 5.32 Å². The molecule has 2 aromatic carbocycles. The maximum atomic E-state index is 11.9. The van der Waals surface area contributed by atoms with Crippen LogP contribution in [0, 0.1) is 0 Å². The van der Waals surface area contributed by atoms with Crippen molar-refractivity contribution in [3.8, 4) is 0 Å². The van der Waals surface area contributed by atoms with Crippen LogP contribution in [-0.4, -0.2) is 22.9 Å². The third-order valence-electron chi connectivity index (χ3n) is 3.67. The second-order valence-electron chi connectivity index (χ2n) is 5.03. The van der Waals surface area contributed by atoms with Crippen LogP contribution in [0.25, 0.3) is 10.8 Å². The van der Waals surface area contributed by atoms with Gasteiger partial charge >= 0.3 is 5.97 Å². The van der Waals surface area contributed by atoms with Crippen molar-refractivity contribution in [3.05, 3.63) is 47.0 Å². The lowest BCUT2D eigenvalue weighted by molar-refractivity contribution is -0.137. The van der Waals surface area contributed by atoms with Crippen LogP contribution in [0.5, 0.6) is 0 Å². The Morgan fingerprint density at radius 2 is 1.81 bits per heavy atom. The Morgan fingerprint density at radius 1 is 1.10 bits per heavy atom. The van der Waals surface area contributed by atoms with Gasteiger partial charge in [-0.15, -0.1) is 0 Å². The standard InChI is InChI=1S/C16H13NO4/c18-13(19)7-3-4-9-8-12-14(16(21)17-15(12)20)11-6-2-1-5-10(9)11/h1-2,5-6,8H,3-4,7H2,(H,18,19)(H,17,20,21). The van der Waals surface area contributed by atoms with Gasteiger partial charge in [-0.2, -0.15) is 0 Å². The molecule has 106 valence electrons. The number of nitrogens with one attached hydrogen (secondary N) is 1. The van der Waals surface area contributed by atoms with Crippen LogP contribution in [0.1, 0.15) is 39.1 Å². The predicted octanol–water partition coefficient (Wildman–Crippen LogP) is 2.13. The number of carbonyl (C=O) groups excluding carboxylic acids is 2. The molecule has 0 spiro atoms. The summed E-state index contributed by atoms with van der Waals surface area (Å²) in [5.74, 6) is -1.60. The first-order valence-electron chi connectivity index (χ1n) is 6.70. The van der Waals surface area contributed by atoms with E-state index in [0.717, 1.165) is 16.3 Å². The molecule has 2 aromatic rings. The third-order valence-corrected chi connectivity index (χ3v) is 3.67. The molecule has 21 heavy (non-hydrogen) atoms. The molecule has 0 aromatic heterocycles. The van der Waals surface area contributed by atoms with Crippen molar-refractivity contribution >= 4 is 28.6 Å². The topological polar surface area (TPSA) is 83.5 Å². The summed E-state index contributed by atoms with van der Waals surface area (Å²) in [6.45, 7) is 0. The number of aliphatic carboxylic acids is 1. The van der Waals surface area contributed by atoms with E-state index in [4.69, 9.17) is 5.11 Å². The zero-order chi connectivity index (χ0) is 15.0. The molecule has 0 radical (unpaired) electrons. The molecular formula is C16H13NO4. The summed E-state index contributed by atoms with van der Waals surface area (Å²) in [5.41, 5.74) is 1.69. The van der Waals surface area contributed by atoms with Gasteiger partial charge in [0.2, 0.25) is 0 Å². The zero-order valence-corrected chi connectivity index (χ0v) is 11.2. The monoisotopic (exact) mass is 283 g/mol. The molecule has 5 nitrogen and oxygen atoms in total. The number of benzene rings is 2. The summed E-state index contributed by atoms with van der Waals surface area (Å²) in [4.78, 5) is 34.3. The molecule has 0 fully saturated rings. The van der Waals surface area contributed by atoms with Crippen molar-refractivity contribution in [2.24, 2.45) is 0 Å². The zero-order valence-electron chi connectivity index (χ0n) is 11.2. The van der Waals surface area contributed by atoms with Crippen molar-refractivity contribution in [1.29, 1.82) is 0 Å². The van der Waals surface area contributed by atoms with Gasteiger partial charge in [0, 0.05) is 6.42 Å². The highest BCUT2D eigenvalue weighted by Gasteiger charge is 2.29. The Kier molecular flexibility index (Phi) is 3.17. The molecule has 3 rings (SSSR count). The van der Waals surface area contributed by atoms with Gasteiger partial charge in [0.1, 0.15) is 0 Å². The SMILES string of the molecule is O=C(O)CCCc1cc2c(c3ccccc13)C(=O)NC2=O. The highest BCUT2D eigenvalue weighted by Crippen LogP contribution is 2.30. The van der Waals surface area contributed by atoms with Crippen molar-refractivity contribution in [3.63, 3.8) is 0 Å². The summed E-state index contributed by atoms with van der Waals surface area (Å²) in [5, 5.41) is 12.7. The predicted molar refractivity (Wildman–Crippen MR) is 76.3 cm³/mol. The van der Waals surface area contributed by atoms with Gasteiger partial charge in [-0.25, -0.2) is 0 Å². The molecule has 2 N–H and O–H groups in total. The van der Waals surface area contributed by atoms with E-state index in [1.54, 1.807) is 6.07 Å². The number of carboxylic acid groups (broad SMARTS) is 1. The third kappa shape index (κ3) is 2.27. The Bertz CT molecular complexity index is 779. The Hall–Kier alpha value is -2.69. The lowest BCUT2D eigenvalue weighted by Gasteiger charge is -2.09. The maximum Gasteiger partial charge on any atom is 0.303 e. The number of carbonyl (C=O) groups is 3. The lowest BCUT2D eigenvalue weighted by Crippen LogP contribution is -2.19. The molecular weight excluding hydrogens is 270 g/mol. The van der Waals surface area contributed by atoms with Gasteiger partial charge in [0.25, 0.3) is 11.8 Å². The van der Waals surface area contributed by atoms with E-state index in [-0.39, 0.29) is 18.2 Å². The fraction of sp³-hybridized carbons (Fsp3) is 0.188. The number of fused-ring (bicyclic) bond motifs is 3. The number of hydrogen-bond donors (Lipinski definition) is 2. The highest BCUT2D eigenvalue weighted by molar-refractivity contribution is 6.27. The molecule has 0 bridgehead atoms. The quantitative estimate of drug-likeness (QED) is 0.842. The largest absolute Gasteiger partial charge is 0.481 e. The van der Waals surface area contributed by atoms with Crippen molar-refractivity contribution < 1.29 is 19.5 Å². The smallest absolute Gasteiger partial charge is 0.303 e. The van der Waals surface area contributed by atoms with E-state index in [2.05, 4.69) is 5.32 Å². The van der Waals surface area contributed by atoms with Gasteiger partial charge in [-0.3, -0.25) is 19.7 Å². The van der Waals surface area contributed by atoms with Crippen LogP contribution >= 0.6 is 0 Å². The normalized spacial score (nSPS) is 13.3. The molecule has 2 amide bonds. The van der Waals surface area contributed by atoms with Crippen molar-refractivity contribution in [2.75, 3.05) is 0 Å². The molecule has 0 atom stereocenters. The Morgan fingerprint density at radius 3 is 2.52 bits per heavy atom. The summed E-state index contributed by atoms with van der Waals surface area (Å²) in [7, 11) is 0. The average Bonchev–Trinajstić information content (AvgIpc) is 2.73. The Labute approximate surface area is 120 Å². The number of aryl methyl sites for hydroxylation is 1. The first-order valence-corrected chi connectivity index (χ1v) is 6.70. The molecule has 1 aliphatic heterocycles. The number of imide groups is 1. The van der Waals surface area contributed by atoms with Crippen LogP contribution in [0.3, 0.4) is 0 Å². The van der Waals surface area contributed by atoms with E-state index >= 15 is 0 Å². The minimum Gasteiger partial charge on any atom is -0.481 e. The molecule has 1 heterocycles. The van der Waals surface area contributed by atoms with E-state index in [1.165, 1.54) is 0 Å². The molecule has 0 saturated carbocycles. The summed E-state index contributed by atoms with van der Waals surface area (Å²) in [6.07, 6.45) is 1.13. The van der Waals surface area contributed by atoms with Crippen LogP contribution < -0.4 is 5.32 Å². The van der Waals surface area contributed by atoms with Gasteiger partial charge in [-0.05, 0) is 35.2 Å². The van der Waals surface area contributed by atoms with E-state index < -0.39 is 5.97 Å². The van der Waals surface area contributed by atoms with Gasteiger partial charge in [0.15, 0.2) is 0 Å². The molecule has 0 unspecified atom stereocenters. The van der Waals surface area contributed by atoms with Gasteiger partial charge in [0.05, 0.1) is 11.1 Å². The second-order valence-corrected chi connectivity index (χ2v) is 5.03. The minimum absolute atomic E-state index is 0.0799. The Balaban J connectivity index is 2.11. The molecule has 0 saturated heterocycles. The molecule has 1 aliphatic rings. The van der Waals surface area contributed by atoms with Crippen LogP contribution in [0.4, 0.5) is 0 Å². The minimum atomic E-state index is -0.839. The first kappa shape index (κ1) is 13.3. The number of amides is 2. The molecule has 0 aliphatic carbocycles. The van der Waals surface area contributed by atoms with Crippen LogP contribution in [0.2, 0.25) is 0 Å². The summed E-state index contributed by atoms with van der Waals surface area (Å²) in [6, 6.07) is 9.10. The fourth-order valence-electron chi connectivity index (χ4n) is 2.74. The van der Waals surface area contributed by atoms with Crippen molar-refractivity contribution in [2.45, 2.75) is 19.3 Å². The van der Waals surface area contributed by atoms with E-state index in [1.807, 2.05) is 24.3 Å². The van der Waals surface area contributed by atoms with E-state index in [0.29, 0.717) is 24.0 Å². The van der Waals surface area contributed by atoms with E-state index in [9.17, 15) is 14.4 Å². The lowest BCUT2D eigenvalue weighted by atomic mass is 9.93. The first-order chi connectivity index (χ1) is 10.1. The summed E-state index contributed by atoms with van der Waals surface area (Å²) >= 11 is 0. The molecule has 5 heteroatoms. The number of hydrogen-bond acceptors (Lipinski definition) is 3. The van der Waals surface area contributed by atoms with Gasteiger partial charge < -0.3 is 5.11 Å². The fourth-order valence-corrected chi connectivity index (χ4v) is 2.74. The van der Waals surface area contributed by atoms with Crippen LogP contribution in [0.15, 0.2) is 30.3 Å². The maximum absolute atomic E-state index is 11.9. The summed E-state index contributed by atoms with van der Waals surface area (Å²) < 4.78 is 0. The highest BCUT2D eigenvalue weighted by atomic mass is 16.4. The van der Waals surface area contributed by atoms with Gasteiger partial charge in [-0.1, -0.05) is 24.3 Å². The number of carboxylic acids is 1. The van der Waals surface area contributed by atoms with Crippen LogP contribution in [-0.2, 0) is 11.2 Å². The second kappa shape index (κ2) is 5.01.